The lowest BCUT2D eigenvalue weighted by molar-refractivity contribution is -0.139. The second kappa shape index (κ2) is 8.16. The van der Waals surface area contributed by atoms with E-state index in [9.17, 15) is 14.7 Å². The SMILES string of the molecule is CNCCN(C)C(=O)N[C@H](Cc1ccccc1)C(=O)O. The van der Waals surface area contributed by atoms with E-state index in [-0.39, 0.29) is 12.5 Å². The molecule has 0 fully saturated rings. The fourth-order valence-electron chi connectivity index (χ4n) is 1.69. The van der Waals surface area contributed by atoms with Crippen molar-refractivity contribution in [3.05, 3.63) is 35.9 Å². The van der Waals surface area contributed by atoms with Gasteiger partial charge in [-0.1, -0.05) is 30.3 Å². The van der Waals surface area contributed by atoms with Crippen molar-refractivity contribution in [1.29, 1.82) is 0 Å². The summed E-state index contributed by atoms with van der Waals surface area (Å²) in [7, 11) is 3.43. The molecule has 0 unspecified atom stereocenters. The summed E-state index contributed by atoms with van der Waals surface area (Å²) in [6, 6.07) is 7.92. The number of hydrogen-bond acceptors (Lipinski definition) is 3. The van der Waals surface area contributed by atoms with E-state index in [1.165, 1.54) is 4.90 Å². The number of nitrogens with zero attached hydrogens (tertiary/aromatic N) is 1. The summed E-state index contributed by atoms with van der Waals surface area (Å²) in [6.45, 7) is 1.17. The van der Waals surface area contributed by atoms with Gasteiger partial charge in [0.2, 0.25) is 0 Å². The number of amides is 2. The number of carboxylic acid groups (broad SMARTS) is 1. The van der Waals surface area contributed by atoms with E-state index in [1.54, 1.807) is 14.1 Å². The van der Waals surface area contributed by atoms with Crippen LogP contribution in [0.25, 0.3) is 0 Å². The fraction of sp³-hybridized carbons (Fsp3) is 0.429. The fourth-order valence-corrected chi connectivity index (χ4v) is 1.69. The second-order valence-corrected chi connectivity index (χ2v) is 4.56. The van der Waals surface area contributed by atoms with Crippen molar-refractivity contribution in [3.8, 4) is 0 Å². The van der Waals surface area contributed by atoms with E-state index in [0.717, 1.165) is 5.56 Å². The number of hydrogen-bond donors (Lipinski definition) is 3. The van der Waals surface area contributed by atoms with Gasteiger partial charge in [-0.25, -0.2) is 9.59 Å². The van der Waals surface area contributed by atoms with Crippen molar-refractivity contribution in [2.75, 3.05) is 27.2 Å². The number of carboxylic acids is 1. The predicted molar refractivity (Wildman–Crippen MR) is 76.7 cm³/mol. The Hall–Kier alpha value is -2.08. The van der Waals surface area contributed by atoms with E-state index < -0.39 is 12.0 Å². The van der Waals surface area contributed by atoms with Crippen LogP contribution >= 0.6 is 0 Å². The predicted octanol–water partition coefficient (Wildman–Crippen LogP) is 0.543. The van der Waals surface area contributed by atoms with Gasteiger partial charge in [-0.2, -0.15) is 0 Å². The summed E-state index contributed by atoms with van der Waals surface area (Å²) < 4.78 is 0. The summed E-state index contributed by atoms with van der Waals surface area (Å²) in [6.07, 6.45) is 0.266. The van der Waals surface area contributed by atoms with Gasteiger partial charge >= 0.3 is 12.0 Å². The van der Waals surface area contributed by atoms with Crippen LogP contribution in [0.4, 0.5) is 4.79 Å². The van der Waals surface area contributed by atoms with E-state index in [2.05, 4.69) is 10.6 Å². The highest BCUT2D eigenvalue weighted by atomic mass is 16.4. The normalized spacial score (nSPS) is 11.7. The maximum absolute atomic E-state index is 11.9. The molecule has 0 saturated carbocycles. The van der Waals surface area contributed by atoms with Crippen molar-refractivity contribution in [3.63, 3.8) is 0 Å². The lowest BCUT2D eigenvalue weighted by atomic mass is 10.1. The molecule has 0 spiro atoms. The van der Waals surface area contributed by atoms with Gasteiger partial charge in [-0.05, 0) is 12.6 Å². The first-order valence-electron chi connectivity index (χ1n) is 6.47. The monoisotopic (exact) mass is 279 g/mol. The maximum atomic E-state index is 11.9. The zero-order valence-electron chi connectivity index (χ0n) is 11.8. The number of aliphatic carboxylic acids is 1. The molecule has 0 aliphatic carbocycles. The number of nitrogens with one attached hydrogen (secondary N) is 2. The van der Waals surface area contributed by atoms with Crippen LogP contribution < -0.4 is 10.6 Å². The smallest absolute Gasteiger partial charge is 0.326 e. The standard InChI is InChI=1S/C14H21N3O3/c1-15-8-9-17(2)14(20)16-12(13(18)19)10-11-6-4-3-5-7-11/h3-7,12,15H,8-10H2,1-2H3,(H,16,20)(H,18,19)/t12-/m1/s1. The molecule has 110 valence electrons. The summed E-state index contributed by atoms with van der Waals surface area (Å²) in [5.74, 6) is -1.04. The molecule has 3 N–H and O–H groups in total. The van der Waals surface area contributed by atoms with Crippen LogP contribution in [-0.2, 0) is 11.2 Å². The average molecular weight is 279 g/mol. The molecule has 1 atom stereocenters. The Kier molecular flexibility index (Phi) is 6.52. The first-order chi connectivity index (χ1) is 9.54. The van der Waals surface area contributed by atoms with Crippen LogP contribution in [0.1, 0.15) is 5.56 Å². The van der Waals surface area contributed by atoms with Crippen molar-refractivity contribution < 1.29 is 14.7 Å². The molecule has 0 aromatic heterocycles. The summed E-state index contributed by atoms with van der Waals surface area (Å²) in [5, 5.41) is 14.7. The lowest BCUT2D eigenvalue weighted by Gasteiger charge is -2.21. The van der Waals surface area contributed by atoms with Crippen LogP contribution in [0.2, 0.25) is 0 Å². The number of benzene rings is 1. The Bertz CT molecular complexity index is 437. The largest absolute Gasteiger partial charge is 0.480 e. The van der Waals surface area contributed by atoms with Gasteiger partial charge < -0.3 is 20.6 Å². The van der Waals surface area contributed by atoms with Gasteiger partial charge in [0, 0.05) is 26.6 Å². The van der Waals surface area contributed by atoms with Crippen LogP contribution in [0.3, 0.4) is 0 Å². The summed E-state index contributed by atoms with van der Waals surface area (Å²) in [4.78, 5) is 24.6. The van der Waals surface area contributed by atoms with Crippen LogP contribution in [0.5, 0.6) is 0 Å². The zero-order chi connectivity index (χ0) is 15.0. The average Bonchev–Trinajstić information content (AvgIpc) is 2.44. The molecule has 2 amide bonds. The van der Waals surface area contributed by atoms with Crippen molar-refractivity contribution in [2.24, 2.45) is 0 Å². The molecule has 0 bridgehead atoms. The Labute approximate surface area is 118 Å². The first kappa shape index (κ1) is 16.0. The molecular weight excluding hydrogens is 258 g/mol. The van der Waals surface area contributed by atoms with Gasteiger partial charge in [0.15, 0.2) is 0 Å². The number of likely N-dealkylation sites (N-methyl/N-ethyl adjacent to an activating group) is 2. The van der Waals surface area contributed by atoms with Crippen LogP contribution in [0, 0.1) is 0 Å². The number of rotatable bonds is 7. The van der Waals surface area contributed by atoms with Gasteiger partial charge in [-0.15, -0.1) is 0 Å². The Morgan fingerprint density at radius 2 is 1.95 bits per heavy atom. The van der Waals surface area contributed by atoms with Crippen molar-refractivity contribution >= 4 is 12.0 Å². The highest BCUT2D eigenvalue weighted by Crippen LogP contribution is 2.04. The van der Waals surface area contributed by atoms with Crippen LogP contribution in [0.15, 0.2) is 30.3 Å². The van der Waals surface area contributed by atoms with E-state index in [1.807, 2.05) is 30.3 Å². The molecule has 1 rings (SSSR count). The molecule has 1 aromatic carbocycles. The molecule has 0 saturated heterocycles. The molecule has 1 aromatic rings. The maximum Gasteiger partial charge on any atom is 0.326 e. The van der Waals surface area contributed by atoms with Gasteiger partial charge in [0.1, 0.15) is 6.04 Å². The van der Waals surface area contributed by atoms with Gasteiger partial charge in [-0.3, -0.25) is 0 Å². The number of carbonyl (C=O) groups is 2. The minimum atomic E-state index is -1.04. The van der Waals surface area contributed by atoms with Crippen LogP contribution in [-0.4, -0.2) is 55.2 Å². The molecule has 0 heterocycles. The Morgan fingerprint density at radius 3 is 2.50 bits per heavy atom. The lowest BCUT2D eigenvalue weighted by Crippen LogP contribution is -2.48. The summed E-state index contributed by atoms with van der Waals surface area (Å²) in [5.41, 5.74) is 0.873. The third-order valence-electron chi connectivity index (χ3n) is 2.92. The number of carbonyl (C=O) groups excluding carboxylic acids is 1. The molecule has 0 radical (unpaired) electrons. The quantitative estimate of drug-likeness (QED) is 0.680. The van der Waals surface area contributed by atoms with E-state index in [0.29, 0.717) is 13.1 Å². The minimum Gasteiger partial charge on any atom is -0.480 e. The molecule has 6 heteroatoms. The van der Waals surface area contributed by atoms with Gasteiger partial charge in [0.05, 0.1) is 0 Å². The summed E-state index contributed by atoms with van der Waals surface area (Å²) >= 11 is 0. The third kappa shape index (κ3) is 5.27. The third-order valence-corrected chi connectivity index (χ3v) is 2.92. The topological polar surface area (TPSA) is 81.7 Å². The molecule has 0 aliphatic heterocycles. The molecular formula is C14H21N3O3. The Morgan fingerprint density at radius 1 is 1.30 bits per heavy atom. The van der Waals surface area contributed by atoms with Crippen molar-refractivity contribution in [1.82, 2.24) is 15.5 Å². The second-order valence-electron chi connectivity index (χ2n) is 4.56. The highest BCUT2D eigenvalue weighted by Gasteiger charge is 2.21. The Balaban J connectivity index is 2.59. The zero-order valence-corrected chi connectivity index (χ0v) is 11.8. The molecule has 20 heavy (non-hydrogen) atoms. The number of urea groups is 1. The first-order valence-corrected chi connectivity index (χ1v) is 6.47. The van der Waals surface area contributed by atoms with E-state index in [4.69, 9.17) is 0 Å². The molecule has 0 aliphatic rings. The van der Waals surface area contributed by atoms with E-state index >= 15 is 0 Å². The van der Waals surface area contributed by atoms with Gasteiger partial charge in [0.25, 0.3) is 0 Å². The highest BCUT2D eigenvalue weighted by molar-refractivity contribution is 5.82. The minimum absolute atomic E-state index is 0.266. The van der Waals surface area contributed by atoms with Crippen molar-refractivity contribution in [2.45, 2.75) is 12.5 Å². The molecule has 6 nitrogen and oxygen atoms in total.